The first-order valence-corrected chi connectivity index (χ1v) is 2.91. The molecule has 0 amide bonds. The van der Waals surface area contributed by atoms with Gasteiger partial charge in [-0.15, -0.1) is 0 Å². The van der Waals surface area contributed by atoms with E-state index in [1.54, 1.807) is 6.92 Å². The van der Waals surface area contributed by atoms with Crippen LogP contribution in [-0.2, 0) is 9.53 Å². The zero-order valence-corrected chi connectivity index (χ0v) is 11.2. The van der Waals surface area contributed by atoms with Crippen molar-refractivity contribution in [1.82, 2.24) is 0 Å². The Kier molecular flexibility index (Phi) is 6.64. The average Bonchev–Trinajstić information content (AvgIpc) is 1.62. The van der Waals surface area contributed by atoms with Crippen LogP contribution in [0.4, 0.5) is 0 Å². The van der Waals surface area contributed by atoms with Crippen molar-refractivity contribution in [3.05, 3.63) is 0 Å². The van der Waals surface area contributed by atoms with Crippen molar-refractivity contribution in [3.63, 3.8) is 0 Å². The van der Waals surface area contributed by atoms with Crippen molar-refractivity contribution in [2.75, 3.05) is 7.11 Å². The fourth-order valence-electron chi connectivity index (χ4n) is 0.193. The summed E-state index contributed by atoms with van der Waals surface area (Å²) < 4.78 is 3.36. The van der Waals surface area contributed by atoms with Gasteiger partial charge in [-0.05, 0) is 6.92 Å². The van der Waals surface area contributed by atoms with Gasteiger partial charge in [0.1, 0.15) is 0 Å². The summed E-state index contributed by atoms with van der Waals surface area (Å²) in [6.45, 7) is 1.55. The molecule has 0 atom stereocenters. The predicted octanol–water partition coefficient (Wildman–Crippen LogP) is -0.181. The number of thiol groups is 2. The van der Waals surface area contributed by atoms with Crippen LogP contribution in [0, 0.1) is 0 Å². The van der Waals surface area contributed by atoms with E-state index < -0.39 is 10.0 Å². The first-order valence-electron chi connectivity index (χ1n) is 2.01. The molecule has 54 valence electrons. The SMILES string of the molecule is COC(=O)C(C)(S)S.[SnH2]. The Morgan fingerprint density at radius 2 is 1.89 bits per heavy atom. The molecule has 0 unspecified atom stereocenters. The molecule has 0 rings (SSSR count). The summed E-state index contributed by atoms with van der Waals surface area (Å²) >= 11 is 7.64. The van der Waals surface area contributed by atoms with Gasteiger partial charge in [0.05, 0.1) is 7.11 Å². The number of ether oxygens (including phenoxy) is 1. The molecule has 0 N–H and O–H groups in total. The zero-order chi connectivity index (χ0) is 6.78. The molecule has 0 aromatic carbocycles. The minimum absolute atomic E-state index is 0. The summed E-state index contributed by atoms with van der Waals surface area (Å²) in [4.78, 5) is 10.5. The third kappa shape index (κ3) is 5.41. The summed E-state index contributed by atoms with van der Waals surface area (Å²) in [6.07, 6.45) is 0. The van der Waals surface area contributed by atoms with Crippen molar-refractivity contribution in [2.45, 2.75) is 11.0 Å². The molecule has 0 spiro atoms. The van der Waals surface area contributed by atoms with Gasteiger partial charge in [-0.25, -0.2) is 4.79 Å². The maximum absolute atomic E-state index is 10.5. The molecule has 2 radical (unpaired) electrons. The Labute approximate surface area is 82.5 Å². The quantitative estimate of drug-likeness (QED) is 0.300. The van der Waals surface area contributed by atoms with Gasteiger partial charge in [0, 0.05) is 0 Å². The number of carbonyl (C=O) groups is 1. The van der Waals surface area contributed by atoms with Gasteiger partial charge in [-0.2, -0.15) is 25.3 Å². The van der Waals surface area contributed by atoms with E-state index in [9.17, 15) is 4.79 Å². The van der Waals surface area contributed by atoms with Crippen LogP contribution in [0.25, 0.3) is 0 Å². The van der Waals surface area contributed by atoms with Crippen LogP contribution in [0.2, 0.25) is 0 Å². The number of carbonyl (C=O) groups excluding carboxylic acids is 1. The van der Waals surface area contributed by atoms with E-state index in [1.165, 1.54) is 7.11 Å². The van der Waals surface area contributed by atoms with E-state index in [0.717, 1.165) is 0 Å². The second-order valence-electron chi connectivity index (χ2n) is 1.51. The molecule has 0 aromatic rings. The molecule has 2 nitrogen and oxygen atoms in total. The molecule has 0 saturated heterocycles. The number of rotatable bonds is 1. The van der Waals surface area contributed by atoms with E-state index in [4.69, 9.17) is 0 Å². The van der Waals surface area contributed by atoms with E-state index in [1.807, 2.05) is 0 Å². The molecule has 0 aliphatic rings. The van der Waals surface area contributed by atoms with Gasteiger partial charge in [0.2, 0.25) is 0 Å². The number of hydrogen-bond acceptors (Lipinski definition) is 4. The van der Waals surface area contributed by atoms with Crippen LogP contribution in [-0.4, -0.2) is 41.1 Å². The summed E-state index contributed by atoms with van der Waals surface area (Å²) in [5.41, 5.74) is 0. The van der Waals surface area contributed by atoms with Crippen molar-refractivity contribution >= 4 is 55.1 Å². The molecule has 0 aliphatic heterocycles. The third-order valence-corrected chi connectivity index (χ3v) is 0.937. The second-order valence-corrected chi connectivity index (χ2v) is 3.65. The maximum atomic E-state index is 10.5. The molecule has 0 bridgehead atoms. The fourth-order valence-corrected chi connectivity index (χ4v) is 0.376. The van der Waals surface area contributed by atoms with Crippen LogP contribution < -0.4 is 0 Å². The summed E-state index contributed by atoms with van der Waals surface area (Å²) in [7, 11) is 1.30. The van der Waals surface area contributed by atoms with Crippen LogP contribution in [0.15, 0.2) is 0 Å². The summed E-state index contributed by atoms with van der Waals surface area (Å²) in [6, 6.07) is 0. The zero-order valence-electron chi connectivity index (χ0n) is 5.42. The van der Waals surface area contributed by atoms with E-state index in [0.29, 0.717) is 0 Å². The molecule has 9 heavy (non-hydrogen) atoms. The average molecular weight is 273 g/mol. The van der Waals surface area contributed by atoms with Crippen LogP contribution in [0.1, 0.15) is 6.92 Å². The Balaban J connectivity index is 0. The molecular formula is C4H10O2S2Sn. The van der Waals surface area contributed by atoms with Gasteiger partial charge < -0.3 is 4.74 Å². The number of hydrogen-bond donors (Lipinski definition) is 2. The van der Waals surface area contributed by atoms with Gasteiger partial charge >= 0.3 is 29.9 Å². The molecule has 0 fully saturated rings. The van der Waals surface area contributed by atoms with E-state index >= 15 is 0 Å². The Morgan fingerprint density at radius 3 is 1.89 bits per heavy atom. The molecule has 0 heterocycles. The van der Waals surface area contributed by atoms with Gasteiger partial charge in [0.15, 0.2) is 4.08 Å². The molecule has 0 aliphatic carbocycles. The van der Waals surface area contributed by atoms with Crippen molar-refractivity contribution < 1.29 is 9.53 Å². The van der Waals surface area contributed by atoms with E-state index in [-0.39, 0.29) is 23.9 Å². The third-order valence-electron chi connectivity index (χ3n) is 0.572. The first kappa shape index (κ1) is 12.6. The minimum atomic E-state index is -0.964. The van der Waals surface area contributed by atoms with Crippen molar-refractivity contribution in [3.8, 4) is 0 Å². The number of esters is 1. The molecule has 0 aromatic heterocycles. The Hall–Kier alpha value is 0.969. The molecule has 5 heteroatoms. The number of methoxy groups -OCH3 is 1. The standard InChI is InChI=1S/C4H8O2S2.Sn.2H/c1-4(7,8)3(5)6-2;;;/h7-8H,1-2H3;;;. The molecule has 0 saturated carbocycles. The van der Waals surface area contributed by atoms with E-state index in [2.05, 4.69) is 30.0 Å². The summed E-state index contributed by atoms with van der Waals surface area (Å²) in [5, 5.41) is 0. The van der Waals surface area contributed by atoms with Crippen molar-refractivity contribution in [2.24, 2.45) is 0 Å². The van der Waals surface area contributed by atoms with Crippen LogP contribution in [0.5, 0.6) is 0 Å². The second kappa shape index (κ2) is 4.73. The summed E-state index contributed by atoms with van der Waals surface area (Å²) in [5.74, 6) is -0.441. The molecular weight excluding hydrogens is 263 g/mol. The topological polar surface area (TPSA) is 26.3 Å². The normalized spacial score (nSPS) is 9.78. The van der Waals surface area contributed by atoms with Crippen LogP contribution >= 0.6 is 25.3 Å². The first-order chi connectivity index (χ1) is 3.48. The Morgan fingerprint density at radius 1 is 1.56 bits per heavy atom. The van der Waals surface area contributed by atoms with Gasteiger partial charge in [-0.3, -0.25) is 0 Å². The predicted molar refractivity (Wildman–Crippen MR) is 46.9 cm³/mol. The Bertz CT molecular complexity index is 99.2. The monoisotopic (exact) mass is 274 g/mol. The van der Waals surface area contributed by atoms with Crippen LogP contribution in [0.3, 0.4) is 0 Å². The van der Waals surface area contributed by atoms with Gasteiger partial charge in [0.25, 0.3) is 0 Å². The van der Waals surface area contributed by atoms with Crippen molar-refractivity contribution in [1.29, 1.82) is 0 Å². The van der Waals surface area contributed by atoms with Gasteiger partial charge in [-0.1, -0.05) is 0 Å². The fraction of sp³-hybridized carbons (Fsp3) is 0.750.